The molecule has 6 rings (SSSR count). The van der Waals surface area contributed by atoms with Crippen LogP contribution in [0.25, 0.3) is 22.6 Å². The summed E-state index contributed by atoms with van der Waals surface area (Å²) in [6.45, 7) is 20.8. The number of hydrogen-bond acceptors (Lipinski definition) is 12. The van der Waals surface area contributed by atoms with Crippen LogP contribution in [0.2, 0.25) is 0 Å². The molecule has 1 aromatic carbocycles. The Bertz CT molecular complexity index is 1390. The number of aromatic nitrogens is 4. The zero-order valence-corrected chi connectivity index (χ0v) is 27.5. The molecule has 3 aromatic rings. The summed E-state index contributed by atoms with van der Waals surface area (Å²) >= 11 is 0. The van der Waals surface area contributed by atoms with Gasteiger partial charge in [0.15, 0.2) is 34.4 Å². The molecule has 3 aliphatic heterocycles. The SMILES string of the molecule is CN1CCN(c2nc3nc(-c4ccc(C(C)(C)C)cc4)nc(NCCN4CCOCC4)c3nc2NCCN2CCOCC2)CC1. The van der Waals surface area contributed by atoms with Gasteiger partial charge in [0.1, 0.15) is 0 Å². The van der Waals surface area contributed by atoms with Crippen molar-refractivity contribution in [2.24, 2.45) is 0 Å². The summed E-state index contributed by atoms with van der Waals surface area (Å²) in [5.74, 6) is 3.03. The molecule has 0 spiro atoms. The fourth-order valence-electron chi connectivity index (χ4n) is 5.98. The standard InChI is InChI=1S/C33H50N10O2/c1-33(2,3)26-7-5-25(6-8-26)28-37-29(34-9-11-41-17-21-44-22-18-41)27-30(38-28)39-32(43-15-13-40(4)14-16-43)31(36-27)35-10-12-42-19-23-45-24-20-42/h5-8H,9-24H2,1-4H3,(H,35,36)(H,34,37,38,39). The Balaban J connectivity index is 1.34. The van der Waals surface area contributed by atoms with Gasteiger partial charge < -0.3 is 29.9 Å². The van der Waals surface area contributed by atoms with E-state index in [0.29, 0.717) is 17.0 Å². The van der Waals surface area contributed by atoms with Crippen LogP contribution in [0.15, 0.2) is 24.3 Å². The summed E-state index contributed by atoms with van der Waals surface area (Å²) in [5, 5.41) is 7.26. The molecule has 2 aromatic heterocycles. The zero-order valence-electron chi connectivity index (χ0n) is 27.5. The van der Waals surface area contributed by atoms with Crippen LogP contribution in [0.3, 0.4) is 0 Å². The Hall–Kier alpha value is -3.16. The largest absolute Gasteiger partial charge is 0.379 e. The van der Waals surface area contributed by atoms with E-state index in [1.54, 1.807) is 0 Å². The van der Waals surface area contributed by atoms with Crippen LogP contribution < -0.4 is 15.5 Å². The Kier molecular flexibility index (Phi) is 10.3. The predicted octanol–water partition coefficient (Wildman–Crippen LogP) is 2.62. The average molecular weight is 619 g/mol. The number of morpholine rings is 2. The number of likely N-dealkylation sites (N-methyl/N-ethyl adjacent to an activating group) is 1. The minimum absolute atomic E-state index is 0.0725. The lowest BCUT2D eigenvalue weighted by atomic mass is 9.87. The van der Waals surface area contributed by atoms with E-state index in [4.69, 9.17) is 29.4 Å². The van der Waals surface area contributed by atoms with Crippen molar-refractivity contribution in [1.82, 2.24) is 34.6 Å². The van der Waals surface area contributed by atoms with E-state index in [2.05, 4.69) is 82.3 Å². The Morgan fingerprint density at radius 1 is 0.689 bits per heavy atom. The molecule has 2 N–H and O–H groups in total. The Labute approximate surface area is 267 Å². The van der Waals surface area contributed by atoms with Gasteiger partial charge in [0.25, 0.3) is 0 Å². The molecule has 0 unspecified atom stereocenters. The van der Waals surface area contributed by atoms with Crippen molar-refractivity contribution in [3.8, 4) is 11.4 Å². The normalized spacial score (nSPS) is 19.2. The van der Waals surface area contributed by atoms with Gasteiger partial charge in [-0.15, -0.1) is 0 Å². The fourth-order valence-corrected chi connectivity index (χ4v) is 5.98. The van der Waals surface area contributed by atoms with Gasteiger partial charge in [0.2, 0.25) is 0 Å². The highest BCUT2D eigenvalue weighted by Gasteiger charge is 2.24. The highest BCUT2D eigenvalue weighted by atomic mass is 16.5. The van der Waals surface area contributed by atoms with E-state index in [1.165, 1.54) is 5.56 Å². The summed E-state index contributed by atoms with van der Waals surface area (Å²) in [6, 6.07) is 8.60. The molecule has 3 aliphatic rings. The summed E-state index contributed by atoms with van der Waals surface area (Å²) < 4.78 is 11.1. The van der Waals surface area contributed by atoms with Crippen LogP contribution in [0.4, 0.5) is 17.5 Å². The van der Waals surface area contributed by atoms with E-state index in [1.807, 2.05) is 0 Å². The number of piperazine rings is 1. The second kappa shape index (κ2) is 14.5. The molecular weight excluding hydrogens is 568 g/mol. The topological polar surface area (TPSA) is 107 Å². The van der Waals surface area contributed by atoms with E-state index >= 15 is 0 Å². The van der Waals surface area contributed by atoms with E-state index in [9.17, 15) is 0 Å². The van der Waals surface area contributed by atoms with Crippen molar-refractivity contribution in [3.05, 3.63) is 29.8 Å². The maximum atomic E-state index is 5.54. The lowest BCUT2D eigenvalue weighted by Crippen LogP contribution is -2.45. The quantitative estimate of drug-likeness (QED) is 0.349. The number of hydrogen-bond donors (Lipinski definition) is 2. The molecule has 0 bridgehead atoms. The summed E-state index contributed by atoms with van der Waals surface area (Å²) in [7, 11) is 2.17. The fraction of sp³-hybridized carbons (Fsp3) is 0.636. The number of benzene rings is 1. The molecule has 0 atom stereocenters. The Morgan fingerprint density at radius 3 is 1.84 bits per heavy atom. The minimum atomic E-state index is 0.0725. The van der Waals surface area contributed by atoms with Gasteiger partial charge in [-0.05, 0) is 18.0 Å². The van der Waals surface area contributed by atoms with Crippen molar-refractivity contribution in [2.45, 2.75) is 26.2 Å². The molecule has 0 radical (unpaired) electrons. The van der Waals surface area contributed by atoms with Crippen LogP contribution >= 0.6 is 0 Å². The summed E-state index contributed by atoms with van der Waals surface area (Å²) in [5.41, 5.74) is 3.63. The van der Waals surface area contributed by atoms with Crippen molar-refractivity contribution in [1.29, 1.82) is 0 Å². The monoisotopic (exact) mass is 618 g/mol. The second-order valence-corrected chi connectivity index (χ2v) is 13.3. The molecule has 0 saturated carbocycles. The van der Waals surface area contributed by atoms with E-state index < -0.39 is 0 Å². The van der Waals surface area contributed by atoms with Crippen LogP contribution in [-0.4, -0.2) is 147 Å². The summed E-state index contributed by atoms with van der Waals surface area (Å²) in [6.07, 6.45) is 0. The van der Waals surface area contributed by atoms with Crippen LogP contribution in [0.5, 0.6) is 0 Å². The number of ether oxygens (including phenoxy) is 2. The molecule has 5 heterocycles. The lowest BCUT2D eigenvalue weighted by Gasteiger charge is -2.34. The molecule has 12 nitrogen and oxygen atoms in total. The van der Waals surface area contributed by atoms with Gasteiger partial charge in [0, 0.05) is 84.1 Å². The van der Waals surface area contributed by atoms with Gasteiger partial charge in [-0.3, -0.25) is 9.80 Å². The maximum absolute atomic E-state index is 5.54. The van der Waals surface area contributed by atoms with Gasteiger partial charge in [0.05, 0.1) is 26.4 Å². The third kappa shape index (κ3) is 8.17. The van der Waals surface area contributed by atoms with Gasteiger partial charge >= 0.3 is 0 Å². The molecule has 0 aliphatic carbocycles. The predicted molar refractivity (Wildman–Crippen MR) is 180 cm³/mol. The van der Waals surface area contributed by atoms with Crippen LogP contribution in [0, 0.1) is 0 Å². The van der Waals surface area contributed by atoms with Crippen molar-refractivity contribution < 1.29 is 9.47 Å². The minimum Gasteiger partial charge on any atom is -0.379 e. The van der Waals surface area contributed by atoms with E-state index in [-0.39, 0.29) is 5.41 Å². The lowest BCUT2D eigenvalue weighted by molar-refractivity contribution is 0.0398. The number of rotatable bonds is 10. The third-order valence-electron chi connectivity index (χ3n) is 8.97. The van der Waals surface area contributed by atoms with Gasteiger partial charge in [-0.25, -0.2) is 19.9 Å². The number of nitrogens with zero attached hydrogens (tertiary/aromatic N) is 8. The second-order valence-electron chi connectivity index (χ2n) is 13.3. The number of nitrogens with one attached hydrogen (secondary N) is 2. The molecule has 244 valence electrons. The first-order chi connectivity index (χ1) is 21.8. The van der Waals surface area contributed by atoms with Crippen LogP contribution in [-0.2, 0) is 14.9 Å². The van der Waals surface area contributed by atoms with Gasteiger partial charge in [-0.1, -0.05) is 45.0 Å². The molecule has 3 saturated heterocycles. The van der Waals surface area contributed by atoms with Crippen molar-refractivity contribution in [2.75, 3.05) is 128 Å². The first-order valence-corrected chi connectivity index (χ1v) is 16.6. The Morgan fingerprint density at radius 2 is 1.27 bits per heavy atom. The average Bonchev–Trinajstić information content (AvgIpc) is 3.05. The maximum Gasteiger partial charge on any atom is 0.186 e. The van der Waals surface area contributed by atoms with Gasteiger partial charge in [-0.2, -0.15) is 0 Å². The highest BCUT2D eigenvalue weighted by Crippen LogP contribution is 2.31. The van der Waals surface area contributed by atoms with Crippen molar-refractivity contribution >= 4 is 28.6 Å². The molecule has 3 fully saturated rings. The number of fused-ring (bicyclic) bond motifs is 1. The highest BCUT2D eigenvalue weighted by molar-refractivity contribution is 5.88. The third-order valence-corrected chi connectivity index (χ3v) is 8.97. The first kappa shape index (κ1) is 31.8. The smallest absolute Gasteiger partial charge is 0.186 e. The van der Waals surface area contributed by atoms with Crippen LogP contribution in [0.1, 0.15) is 26.3 Å². The molecule has 12 heteroatoms. The number of anilines is 3. The van der Waals surface area contributed by atoms with Crippen molar-refractivity contribution in [3.63, 3.8) is 0 Å². The van der Waals surface area contributed by atoms with E-state index in [0.717, 1.165) is 128 Å². The zero-order chi connectivity index (χ0) is 31.2. The summed E-state index contributed by atoms with van der Waals surface area (Å²) in [4.78, 5) is 30.1. The molecule has 45 heavy (non-hydrogen) atoms. The first-order valence-electron chi connectivity index (χ1n) is 16.6. The molecular formula is C33H50N10O2. The molecule has 0 amide bonds.